The molecule has 59 heavy (non-hydrogen) atoms. The highest BCUT2D eigenvalue weighted by Crippen LogP contribution is 2.39. The SMILES string of the molecule is Cc1sc2c(c1C)C(c1ccc(Cl)cc1)=N[C@@H](CC(=O)NCCCCCCCCNC(=O)CCc1ccc3c(N4CCCC(=O)NC4=O)nn(C)c3c1)c1nnc(C)n1-2. The first-order valence-electron chi connectivity index (χ1n) is 20.4. The average molecular weight is 839 g/mol. The van der Waals surface area contributed by atoms with Crippen molar-refractivity contribution in [2.24, 2.45) is 12.0 Å². The fourth-order valence-electron chi connectivity index (χ4n) is 7.73. The zero-order valence-electron chi connectivity index (χ0n) is 34.1. The van der Waals surface area contributed by atoms with Crippen LogP contribution in [-0.4, -0.2) is 73.6 Å². The van der Waals surface area contributed by atoms with Gasteiger partial charge in [-0.05, 0) is 81.8 Å². The molecule has 0 bridgehead atoms. The number of fused-ring (bicyclic) bond motifs is 4. The lowest BCUT2D eigenvalue weighted by atomic mass is 9.99. The molecule has 0 radical (unpaired) electrons. The monoisotopic (exact) mass is 838 g/mol. The van der Waals surface area contributed by atoms with Crippen LogP contribution in [0.25, 0.3) is 15.9 Å². The number of anilines is 1. The molecule has 7 rings (SSSR count). The lowest BCUT2D eigenvalue weighted by molar-refractivity contribution is -0.122. The van der Waals surface area contributed by atoms with Crippen molar-refractivity contribution < 1.29 is 19.2 Å². The Balaban J connectivity index is 0.805. The van der Waals surface area contributed by atoms with E-state index in [-0.39, 0.29) is 24.1 Å². The van der Waals surface area contributed by atoms with Gasteiger partial charge in [0.25, 0.3) is 0 Å². The van der Waals surface area contributed by atoms with E-state index in [0.717, 1.165) is 88.2 Å². The molecule has 0 aliphatic carbocycles. The summed E-state index contributed by atoms with van der Waals surface area (Å²) in [7, 11) is 1.83. The number of imide groups is 1. The molecule has 2 aliphatic rings. The highest BCUT2D eigenvalue weighted by atomic mass is 35.5. The van der Waals surface area contributed by atoms with Gasteiger partial charge < -0.3 is 10.6 Å². The maximum absolute atomic E-state index is 13.3. The topological polar surface area (TPSA) is 168 Å². The Morgan fingerprint density at radius 1 is 0.932 bits per heavy atom. The molecule has 16 heteroatoms. The third-order valence-electron chi connectivity index (χ3n) is 11.1. The largest absolute Gasteiger partial charge is 0.356 e. The van der Waals surface area contributed by atoms with Crippen LogP contribution in [0.2, 0.25) is 5.02 Å². The predicted molar refractivity (Wildman–Crippen MR) is 231 cm³/mol. The van der Waals surface area contributed by atoms with E-state index in [0.29, 0.717) is 62.0 Å². The van der Waals surface area contributed by atoms with Gasteiger partial charge in [-0.25, -0.2) is 4.79 Å². The first-order valence-corrected chi connectivity index (χ1v) is 21.6. The number of unbranched alkanes of at least 4 members (excludes halogenated alkanes) is 5. The van der Waals surface area contributed by atoms with Gasteiger partial charge in [-0.1, -0.05) is 55.5 Å². The van der Waals surface area contributed by atoms with Crippen molar-refractivity contribution in [2.45, 2.75) is 97.4 Å². The van der Waals surface area contributed by atoms with Crippen molar-refractivity contribution in [3.05, 3.63) is 86.3 Å². The minimum atomic E-state index is -0.497. The van der Waals surface area contributed by atoms with Crippen molar-refractivity contribution >= 4 is 69.1 Å². The van der Waals surface area contributed by atoms with Gasteiger partial charge in [0.15, 0.2) is 11.6 Å². The van der Waals surface area contributed by atoms with Gasteiger partial charge in [-0.3, -0.25) is 38.8 Å². The lowest BCUT2D eigenvalue weighted by Gasteiger charge is -2.17. The molecule has 1 saturated heterocycles. The number of hydrogen-bond acceptors (Lipinski definition) is 9. The number of benzene rings is 2. The third kappa shape index (κ3) is 9.57. The molecule has 3 N–H and O–H groups in total. The summed E-state index contributed by atoms with van der Waals surface area (Å²) in [6.07, 6.45) is 7.97. The summed E-state index contributed by atoms with van der Waals surface area (Å²) in [6.45, 7) is 7.81. The van der Waals surface area contributed by atoms with Crippen LogP contribution < -0.4 is 20.9 Å². The molecule has 0 unspecified atom stereocenters. The van der Waals surface area contributed by atoms with Gasteiger partial charge in [-0.15, -0.1) is 21.5 Å². The van der Waals surface area contributed by atoms with Crippen molar-refractivity contribution in [2.75, 3.05) is 24.5 Å². The van der Waals surface area contributed by atoms with E-state index >= 15 is 0 Å². The number of aromatic nitrogens is 5. The van der Waals surface area contributed by atoms with Crippen LogP contribution in [0.4, 0.5) is 10.6 Å². The molecule has 2 aromatic carbocycles. The highest BCUT2D eigenvalue weighted by Gasteiger charge is 2.32. The molecule has 1 atom stereocenters. The Kier molecular flexibility index (Phi) is 13.2. The molecule has 2 aliphatic heterocycles. The number of urea groups is 1. The first-order chi connectivity index (χ1) is 28.5. The molecule has 5 aromatic rings. The Hall–Kier alpha value is -5.41. The van der Waals surface area contributed by atoms with E-state index in [9.17, 15) is 19.2 Å². The van der Waals surface area contributed by atoms with Gasteiger partial charge in [0, 0.05) is 65.9 Å². The summed E-state index contributed by atoms with van der Waals surface area (Å²) >= 11 is 7.92. The van der Waals surface area contributed by atoms with Crippen LogP contribution in [0.3, 0.4) is 0 Å². The molecule has 5 heterocycles. The second-order valence-electron chi connectivity index (χ2n) is 15.3. The van der Waals surface area contributed by atoms with Crippen molar-refractivity contribution in [1.82, 2.24) is 40.5 Å². The van der Waals surface area contributed by atoms with Crippen molar-refractivity contribution in [1.29, 1.82) is 0 Å². The molecule has 5 amide bonds. The van der Waals surface area contributed by atoms with Crippen LogP contribution in [0.15, 0.2) is 47.5 Å². The molecular weight excluding hydrogens is 788 g/mol. The van der Waals surface area contributed by atoms with Crippen LogP contribution in [-0.2, 0) is 27.9 Å². The minimum absolute atomic E-state index is 0.0184. The van der Waals surface area contributed by atoms with E-state index in [2.05, 4.69) is 49.7 Å². The number of amides is 5. The number of rotatable bonds is 16. The quantitative estimate of drug-likeness (QED) is 0.0890. The fraction of sp³-hybridized carbons (Fsp3) is 0.442. The normalized spacial score (nSPS) is 15.3. The van der Waals surface area contributed by atoms with Crippen molar-refractivity contribution in [3.8, 4) is 5.00 Å². The summed E-state index contributed by atoms with van der Waals surface area (Å²) in [5.41, 5.74) is 5.84. The fourth-order valence-corrected chi connectivity index (χ4v) is 9.07. The summed E-state index contributed by atoms with van der Waals surface area (Å²) < 4.78 is 3.79. The van der Waals surface area contributed by atoms with Crippen LogP contribution in [0.5, 0.6) is 0 Å². The van der Waals surface area contributed by atoms with Gasteiger partial charge in [0.1, 0.15) is 16.9 Å². The summed E-state index contributed by atoms with van der Waals surface area (Å²) in [5.74, 6) is 1.63. The number of aryl methyl sites for hydroxylation is 4. The number of carbonyl (C=O) groups is 4. The molecule has 3 aromatic heterocycles. The van der Waals surface area contributed by atoms with Gasteiger partial charge >= 0.3 is 6.03 Å². The third-order valence-corrected chi connectivity index (χ3v) is 12.5. The maximum atomic E-state index is 13.3. The molecule has 0 spiro atoms. The molecule has 1 fully saturated rings. The van der Waals surface area contributed by atoms with Crippen LogP contribution >= 0.6 is 22.9 Å². The van der Waals surface area contributed by atoms with Crippen molar-refractivity contribution in [3.63, 3.8) is 0 Å². The summed E-state index contributed by atoms with van der Waals surface area (Å²) in [4.78, 5) is 58.2. The Morgan fingerprint density at radius 3 is 2.39 bits per heavy atom. The second-order valence-corrected chi connectivity index (χ2v) is 17.0. The lowest BCUT2D eigenvalue weighted by Crippen LogP contribution is -2.40. The summed E-state index contributed by atoms with van der Waals surface area (Å²) in [5, 5.41) is 24.5. The number of thiophene rings is 1. The molecular formula is C43H51ClN10O4S. The predicted octanol–water partition coefficient (Wildman–Crippen LogP) is 7.12. The van der Waals surface area contributed by atoms with Crippen LogP contribution in [0.1, 0.15) is 109 Å². The Morgan fingerprint density at radius 2 is 1.64 bits per heavy atom. The van der Waals surface area contributed by atoms with E-state index in [1.54, 1.807) is 16.0 Å². The first kappa shape index (κ1) is 41.7. The number of nitrogens with one attached hydrogen (secondary N) is 3. The smallest absolute Gasteiger partial charge is 0.329 e. The van der Waals surface area contributed by atoms with Gasteiger partial charge in [0.2, 0.25) is 17.7 Å². The van der Waals surface area contributed by atoms with Crippen LogP contribution in [0, 0.1) is 20.8 Å². The van der Waals surface area contributed by atoms with Gasteiger partial charge in [0.05, 0.1) is 17.6 Å². The Bertz CT molecular complexity index is 2400. The van der Waals surface area contributed by atoms with E-state index < -0.39 is 12.1 Å². The average Bonchev–Trinajstić information content (AvgIpc) is 3.77. The summed E-state index contributed by atoms with van der Waals surface area (Å²) in [6, 6.07) is 12.6. The van der Waals surface area contributed by atoms with Gasteiger partial charge in [-0.2, -0.15) is 5.10 Å². The maximum Gasteiger partial charge on any atom is 0.329 e. The van der Waals surface area contributed by atoms with E-state index in [1.807, 2.05) is 56.4 Å². The zero-order chi connectivity index (χ0) is 41.6. The van der Waals surface area contributed by atoms with E-state index in [4.69, 9.17) is 16.6 Å². The molecule has 0 saturated carbocycles. The molecule has 310 valence electrons. The highest BCUT2D eigenvalue weighted by molar-refractivity contribution is 7.15. The second kappa shape index (κ2) is 18.7. The number of carbonyl (C=O) groups excluding carboxylic acids is 4. The molecule has 14 nitrogen and oxygen atoms in total. The van der Waals surface area contributed by atoms with E-state index in [1.165, 1.54) is 9.78 Å². The number of hydrogen-bond donors (Lipinski definition) is 3. The minimum Gasteiger partial charge on any atom is -0.356 e. The Labute approximate surface area is 352 Å². The number of aliphatic imine (C=N–C) groups is 1. The standard InChI is InChI=1S/C43H51ClN10O4S/c1-26-27(2)59-42-38(26)39(30-15-17-31(44)18-16-30)47-33(41-50-49-28(3)54(41)42)25-37(57)46-22-10-8-6-5-7-9-21-45-35(55)20-14-29-13-19-32-34(24-29)52(4)51-40(32)53-23-11-12-36(56)48-43(53)58/h13,15-19,24,33H,5-12,14,20-23,25H2,1-4H3,(H,45,55)(H,46,57)(H,48,56,58)/t33-/m0/s1. The zero-order valence-corrected chi connectivity index (χ0v) is 35.6. The number of nitrogens with zero attached hydrogens (tertiary/aromatic N) is 7. The number of halogens is 1.